The molecule has 6 rings (SSSR count). The minimum atomic E-state index is -1.08. The van der Waals surface area contributed by atoms with Gasteiger partial charge in [-0.25, -0.2) is 4.79 Å². The second-order valence-electron chi connectivity index (χ2n) is 12.4. The van der Waals surface area contributed by atoms with Crippen molar-refractivity contribution in [3.05, 3.63) is 72.3 Å². The third kappa shape index (κ3) is 6.38. The molecule has 1 saturated carbocycles. The Morgan fingerprint density at radius 1 is 1.05 bits per heavy atom. The van der Waals surface area contributed by atoms with E-state index in [1.54, 1.807) is 11.0 Å². The maximum Gasteiger partial charge on any atom is 0.410 e. The topological polar surface area (TPSA) is 91.8 Å². The Hall–Kier alpha value is -3.56. The van der Waals surface area contributed by atoms with E-state index in [0.29, 0.717) is 37.7 Å². The second kappa shape index (κ2) is 13.0. The highest BCUT2D eigenvalue weighted by Crippen LogP contribution is 2.40. The van der Waals surface area contributed by atoms with Crippen LogP contribution >= 0.6 is 0 Å². The van der Waals surface area contributed by atoms with Gasteiger partial charge in [-0.05, 0) is 48.9 Å². The molecule has 3 aliphatic heterocycles. The number of ether oxygens (including phenoxy) is 3. The summed E-state index contributed by atoms with van der Waals surface area (Å²) in [5, 5.41) is 12.1. The molecule has 2 amide bonds. The molecule has 1 N–H and O–H groups in total. The Bertz CT molecular complexity index is 1290. The molecule has 2 atom stereocenters. The molecular formula is C34H43N3O6. The van der Waals surface area contributed by atoms with Gasteiger partial charge in [0.1, 0.15) is 12.2 Å². The lowest BCUT2D eigenvalue weighted by Gasteiger charge is -2.40. The molecule has 2 aromatic carbocycles. The van der Waals surface area contributed by atoms with Crippen molar-refractivity contribution in [2.75, 3.05) is 46.1 Å². The van der Waals surface area contributed by atoms with Gasteiger partial charge in [-0.15, -0.1) is 6.58 Å². The summed E-state index contributed by atoms with van der Waals surface area (Å²) in [5.74, 6) is 1.56. The molecule has 9 heteroatoms. The van der Waals surface area contributed by atoms with Gasteiger partial charge in [0.25, 0.3) is 0 Å². The first-order valence-electron chi connectivity index (χ1n) is 15.7. The number of nitrogens with zero attached hydrogens (tertiary/aromatic N) is 3. The molecule has 2 saturated heterocycles. The molecule has 2 aromatic rings. The largest absolute Gasteiger partial charge is 0.454 e. The Labute approximate surface area is 254 Å². The summed E-state index contributed by atoms with van der Waals surface area (Å²) in [6.07, 6.45) is 7.12. The quantitative estimate of drug-likeness (QED) is 0.430. The molecule has 0 radical (unpaired) electrons. The molecule has 9 nitrogen and oxygen atoms in total. The third-order valence-corrected chi connectivity index (χ3v) is 9.67. The van der Waals surface area contributed by atoms with Crippen LogP contribution in [0.5, 0.6) is 11.5 Å². The predicted molar refractivity (Wildman–Crippen MR) is 161 cm³/mol. The minimum Gasteiger partial charge on any atom is -0.454 e. The van der Waals surface area contributed by atoms with Crippen molar-refractivity contribution in [2.24, 2.45) is 11.8 Å². The second-order valence-corrected chi connectivity index (χ2v) is 12.4. The SMILES string of the molecule is C=CCN(C(=O)OCc1ccc2c(c1)OCO2)C1CCN(C[C@H]2CN(C(=O)C3CCCC3)C[C@]2(O)c2ccccc2)CC1. The summed E-state index contributed by atoms with van der Waals surface area (Å²) in [7, 11) is 0. The van der Waals surface area contributed by atoms with E-state index in [1.165, 1.54) is 0 Å². The number of amides is 2. The van der Waals surface area contributed by atoms with Gasteiger partial charge >= 0.3 is 6.09 Å². The van der Waals surface area contributed by atoms with Crippen molar-refractivity contribution < 1.29 is 28.9 Å². The van der Waals surface area contributed by atoms with Crippen LogP contribution in [-0.2, 0) is 21.7 Å². The zero-order valence-electron chi connectivity index (χ0n) is 24.9. The number of piperidine rings is 1. The van der Waals surface area contributed by atoms with Gasteiger partial charge in [0.15, 0.2) is 11.5 Å². The van der Waals surface area contributed by atoms with Gasteiger partial charge in [0, 0.05) is 50.6 Å². The first-order chi connectivity index (χ1) is 20.9. The average Bonchev–Trinajstić information content (AvgIpc) is 3.81. The third-order valence-electron chi connectivity index (χ3n) is 9.67. The van der Waals surface area contributed by atoms with Crippen LogP contribution < -0.4 is 9.47 Å². The normalized spacial score (nSPS) is 24.3. The number of fused-ring (bicyclic) bond motifs is 1. The van der Waals surface area contributed by atoms with Crippen LogP contribution in [0.1, 0.15) is 49.7 Å². The standard InChI is InChI=1S/C34H43N3O6/c1-2-16-37(33(39)41-22-25-12-13-30-31(19-25)43-24-42-30)29-14-17-35(18-15-29)20-28-21-36(32(38)26-8-6-7-9-26)23-34(28,40)27-10-4-3-5-11-27/h2-5,10-13,19,26,28-29,40H,1,6-9,14-18,20-24H2/t28-,34-/m0/s1. The molecule has 3 fully saturated rings. The molecule has 1 aliphatic carbocycles. The molecule has 230 valence electrons. The fourth-order valence-corrected chi connectivity index (χ4v) is 7.26. The lowest BCUT2D eigenvalue weighted by Crippen LogP contribution is -2.50. The lowest BCUT2D eigenvalue weighted by molar-refractivity contribution is -0.135. The Morgan fingerprint density at radius 2 is 1.79 bits per heavy atom. The van der Waals surface area contributed by atoms with Crippen LogP contribution in [0.25, 0.3) is 0 Å². The van der Waals surface area contributed by atoms with Crippen molar-refractivity contribution in [3.63, 3.8) is 0 Å². The molecule has 4 aliphatic rings. The van der Waals surface area contributed by atoms with E-state index < -0.39 is 5.60 Å². The van der Waals surface area contributed by atoms with Gasteiger partial charge in [-0.2, -0.15) is 0 Å². The predicted octanol–water partition coefficient (Wildman–Crippen LogP) is 4.54. The number of rotatable bonds is 9. The fourth-order valence-electron chi connectivity index (χ4n) is 7.26. The lowest BCUT2D eigenvalue weighted by atomic mass is 9.83. The van der Waals surface area contributed by atoms with Crippen molar-refractivity contribution >= 4 is 12.0 Å². The highest BCUT2D eigenvalue weighted by Gasteiger charge is 2.49. The number of aliphatic hydroxyl groups is 1. The van der Waals surface area contributed by atoms with E-state index in [-0.39, 0.29) is 43.3 Å². The van der Waals surface area contributed by atoms with Crippen LogP contribution in [0.4, 0.5) is 4.79 Å². The zero-order chi connectivity index (χ0) is 29.8. The highest BCUT2D eigenvalue weighted by molar-refractivity contribution is 5.79. The molecule has 0 aromatic heterocycles. The van der Waals surface area contributed by atoms with Crippen molar-refractivity contribution in [3.8, 4) is 11.5 Å². The van der Waals surface area contributed by atoms with Crippen molar-refractivity contribution in [1.29, 1.82) is 0 Å². The summed E-state index contributed by atoms with van der Waals surface area (Å²) in [5.41, 5.74) is 0.632. The summed E-state index contributed by atoms with van der Waals surface area (Å²) in [6, 6.07) is 15.4. The van der Waals surface area contributed by atoms with Crippen LogP contribution in [0, 0.1) is 11.8 Å². The molecule has 0 spiro atoms. The van der Waals surface area contributed by atoms with E-state index in [9.17, 15) is 14.7 Å². The summed E-state index contributed by atoms with van der Waals surface area (Å²) in [4.78, 5) is 32.6. The van der Waals surface area contributed by atoms with Crippen LogP contribution in [0.2, 0.25) is 0 Å². The number of β-amino-alcohol motifs (C(OH)–C–C–N with tert-alkyl or cyclic N) is 1. The Balaban J connectivity index is 1.06. The maximum absolute atomic E-state index is 13.4. The number of hydrogen-bond acceptors (Lipinski definition) is 7. The van der Waals surface area contributed by atoms with Crippen LogP contribution in [0.15, 0.2) is 61.2 Å². The fraction of sp³-hybridized carbons (Fsp3) is 0.529. The minimum absolute atomic E-state index is 0.0375. The molecular weight excluding hydrogens is 546 g/mol. The number of hydrogen-bond donors (Lipinski definition) is 1. The number of carbonyl (C=O) groups excluding carboxylic acids is 2. The number of likely N-dealkylation sites (tertiary alicyclic amines) is 2. The van der Waals surface area contributed by atoms with E-state index in [0.717, 1.165) is 62.7 Å². The molecule has 3 heterocycles. The van der Waals surface area contributed by atoms with Crippen LogP contribution in [-0.4, -0.2) is 83.9 Å². The first kappa shape index (κ1) is 29.5. The van der Waals surface area contributed by atoms with Gasteiger partial charge in [-0.1, -0.05) is 55.3 Å². The summed E-state index contributed by atoms with van der Waals surface area (Å²) in [6.45, 7) is 7.83. The molecule has 0 unspecified atom stereocenters. The number of carbonyl (C=O) groups is 2. The van der Waals surface area contributed by atoms with E-state index in [2.05, 4.69) is 11.5 Å². The maximum atomic E-state index is 13.4. The van der Waals surface area contributed by atoms with E-state index >= 15 is 0 Å². The molecule has 0 bridgehead atoms. The van der Waals surface area contributed by atoms with Crippen molar-refractivity contribution in [1.82, 2.24) is 14.7 Å². The highest BCUT2D eigenvalue weighted by atomic mass is 16.7. The van der Waals surface area contributed by atoms with Gasteiger partial charge in [-0.3, -0.25) is 4.79 Å². The van der Waals surface area contributed by atoms with E-state index in [4.69, 9.17) is 14.2 Å². The zero-order valence-corrected chi connectivity index (χ0v) is 24.9. The molecule has 43 heavy (non-hydrogen) atoms. The number of benzene rings is 2. The Morgan fingerprint density at radius 3 is 2.53 bits per heavy atom. The Kier molecular flexibility index (Phi) is 8.90. The average molecular weight is 590 g/mol. The smallest absolute Gasteiger partial charge is 0.410 e. The monoisotopic (exact) mass is 589 g/mol. The van der Waals surface area contributed by atoms with E-state index in [1.807, 2.05) is 53.4 Å². The van der Waals surface area contributed by atoms with Gasteiger partial charge < -0.3 is 34.0 Å². The van der Waals surface area contributed by atoms with Gasteiger partial charge in [0.2, 0.25) is 12.7 Å². The van der Waals surface area contributed by atoms with Crippen molar-refractivity contribution in [2.45, 2.75) is 56.8 Å². The summed E-state index contributed by atoms with van der Waals surface area (Å²) < 4.78 is 16.5. The van der Waals surface area contributed by atoms with Crippen LogP contribution in [0.3, 0.4) is 0 Å². The summed E-state index contributed by atoms with van der Waals surface area (Å²) >= 11 is 0. The first-order valence-corrected chi connectivity index (χ1v) is 15.7. The van der Waals surface area contributed by atoms with Gasteiger partial charge in [0.05, 0.1) is 6.54 Å².